The van der Waals surface area contributed by atoms with Crippen LogP contribution in [0.4, 0.5) is 0 Å². The van der Waals surface area contributed by atoms with Gasteiger partial charge in [-0.1, -0.05) is 30.3 Å². The molecule has 2 aromatic rings. The minimum Gasteiger partial charge on any atom is -0.344 e. The van der Waals surface area contributed by atoms with E-state index in [1.807, 2.05) is 30.3 Å². The third kappa shape index (κ3) is 3.92. The largest absolute Gasteiger partial charge is 0.344 e. The predicted molar refractivity (Wildman–Crippen MR) is 94.0 cm³/mol. The quantitative estimate of drug-likeness (QED) is 0.914. The van der Waals surface area contributed by atoms with Crippen molar-refractivity contribution in [2.45, 2.75) is 18.9 Å². The van der Waals surface area contributed by atoms with E-state index in [0.29, 0.717) is 5.56 Å². The zero-order valence-electron chi connectivity index (χ0n) is 13.9. The summed E-state index contributed by atoms with van der Waals surface area (Å²) >= 11 is 0. The molecule has 24 heavy (non-hydrogen) atoms. The third-order valence-electron chi connectivity index (χ3n) is 4.51. The summed E-state index contributed by atoms with van der Waals surface area (Å²) in [4.78, 5) is 26.7. The van der Waals surface area contributed by atoms with Gasteiger partial charge in [-0.15, -0.1) is 0 Å². The predicted octanol–water partition coefficient (Wildman–Crippen LogP) is 1.95. The van der Waals surface area contributed by atoms with E-state index in [1.165, 1.54) is 23.5 Å². The van der Waals surface area contributed by atoms with E-state index in [4.69, 9.17) is 0 Å². The highest BCUT2D eigenvalue weighted by atomic mass is 16.2. The number of pyridine rings is 1. The van der Waals surface area contributed by atoms with E-state index in [1.54, 1.807) is 19.3 Å². The Hall–Kier alpha value is -2.40. The maximum atomic E-state index is 12.6. The third-order valence-corrected chi connectivity index (χ3v) is 4.51. The second kappa shape index (κ2) is 7.45. The van der Waals surface area contributed by atoms with E-state index in [9.17, 15) is 9.59 Å². The lowest BCUT2D eigenvalue weighted by Crippen LogP contribution is -2.37. The van der Waals surface area contributed by atoms with Crippen LogP contribution in [0.1, 0.15) is 34.8 Å². The molecule has 0 radical (unpaired) electrons. The van der Waals surface area contributed by atoms with Crippen LogP contribution in [0.15, 0.2) is 53.5 Å². The summed E-state index contributed by atoms with van der Waals surface area (Å²) in [6, 6.07) is 13.0. The average Bonchev–Trinajstić information content (AvgIpc) is 3.10. The van der Waals surface area contributed by atoms with Gasteiger partial charge in [-0.2, -0.15) is 0 Å². The smallest absolute Gasteiger partial charge is 0.252 e. The van der Waals surface area contributed by atoms with E-state index >= 15 is 0 Å². The van der Waals surface area contributed by atoms with Crippen LogP contribution in [0.5, 0.6) is 0 Å². The van der Waals surface area contributed by atoms with Crippen molar-refractivity contribution in [1.29, 1.82) is 0 Å². The summed E-state index contributed by atoms with van der Waals surface area (Å²) in [7, 11) is 1.67. The van der Waals surface area contributed by atoms with E-state index in [-0.39, 0.29) is 17.5 Å². The Labute approximate surface area is 141 Å². The summed E-state index contributed by atoms with van der Waals surface area (Å²) in [5.41, 5.74) is 1.31. The number of rotatable bonds is 5. The number of nitrogens with zero attached hydrogens (tertiary/aromatic N) is 2. The molecule has 0 bridgehead atoms. The topological polar surface area (TPSA) is 54.3 Å². The molecule has 1 aliphatic rings. The van der Waals surface area contributed by atoms with E-state index < -0.39 is 0 Å². The van der Waals surface area contributed by atoms with Crippen molar-refractivity contribution >= 4 is 5.91 Å². The molecule has 1 saturated heterocycles. The zero-order valence-corrected chi connectivity index (χ0v) is 13.9. The number of hydrogen-bond donors (Lipinski definition) is 1. The van der Waals surface area contributed by atoms with Gasteiger partial charge in [0.2, 0.25) is 0 Å². The molecule has 1 amide bonds. The number of benzene rings is 1. The lowest BCUT2D eigenvalue weighted by Gasteiger charge is -2.25. The minimum atomic E-state index is -0.208. The second-order valence-corrected chi connectivity index (χ2v) is 6.31. The lowest BCUT2D eigenvalue weighted by atomic mass is 10.1. The molecule has 1 aliphatic heterocycles. The highest BCUT2D eigenvalue weighted by Crippen LogP contribution is 2.18. The number of likely N-dealkylation sites (tertiary alicyclic amines) is 1. The molecule has 5 nitrogen and oxygen atoms in total. The highest BCUT2D eigenvalue weighted by molar-refractivity contribution is 5.94. The van der Waals surface area contributed by atoms with E-state index in [2.05, 4.69) is 10.2 Å². The Morgan fingerprint density at radius 1 is 1.17 bits per heavy atom. The number of hydrogen-bond acceptors (Lipinski definition) is 3. The van der Waals surface area contributed by atoms with Crippen molar-refractivity contribution in [2.75, 3.05) is 19.6 Å². The fourth-order valence-electron chi connectivity index (χ4n) is 3.07. The van der Waals surface area contributed by atoms with Crippen molar-refractivity contribution in [2.24, 2.45) is 7.05 Å². The van der Waals surface area contributed by atoms with Gasteiger partial charge in [-0.05, 0) is 37.6 Å². The van der Waals surface area contributed by atoms with Gasteiger partial charge in [0, 0.05) is 31.4 Å². The molecule has 1 aromatic carbocycles. The Morgan fingerprint density at radius 2 is 1.88 bits per heavy atom. The lowest BCUT2D eigenvalue weighted by molar-refractivity contribution is 0.0927. The Balaban J connectivity index is 1.78. The fraction of sp³-hybridized carbons (Fsp3) is 0.368. The standard InChI is InChI=1S/C19H23N3O2/c1-21-12-9-16(13-18(21)23)19(24)20-17(14-22-10-5-6-11-22)15-7-3-2-4-8-15/h2-4,7-9,12-13,17H,5-6,10-11,14H2,1H3,(H,20,24). The number of amides is 1. The molecule has 0 saturated carbocycles. The SMILES string of the molecule is Cn1ccc(C(=O)NC(CN2CCCC2)c2ccccc2)cc1=O. The molecule has 126 valence electrons. The first-order chi connectivity index (χ1) is 11.6. The van der Waals surface area contributed by atoms with Crippen molar-refractivity contribution in [3.8, 4) is 0 Å². The molecule has 1 unspecified atom stereocenters. The summed E-state index contributed by atoms with van der Waals surface area (Å²) in [6.45, 7) is 2.94. The first-order valence-corrected chi connectivity index (χ1v) is 8.38. The van der Waals surface area contributed by atoms with Gasteiger partial charge in [0.1, 0.15) is 0 Å². The summed E-state index contributed by atoms with van der Waals surface area (Å²) in [5, 5.41) is 3.09. The Morgan fingerprint density at radius 3 is 2.54 bits per heavy atom. The van der Waals surface area contributed by atoms with Crippen LogP contribution in [0.3, 0.4) is 0 Å². The monoisotopic (exact) mass is 325 g/mol. The molecule has 1 N–H and O–H groups in total. The number of aryl methyl sites for hydroxylation is 1. The van der Waals surface area contributed by atoms with Crippen molar-refractivity contribution in [3.05, 3.63) is 70.1 Å². The molecule has 0 spiro atoms. The molecule has 1 atom stereocenters. The van der Waals surface area contributed by atoms with Gasteiger partial charge in [0.05, 0.1) is 6.04 Å². The summed E-state index contributed by atoms with van der Waals surface area (Å²) in [5.74, 6) is -0.208. The normalized spacial score (nSPS) is 16.0. The van der Waals surface area contributed by atoms with Crippen LogP contribution in [-0.2, 0) is 7.05 Å². The van der Waals surface area contributed by atoms with E-state index in [0.717, 1.165) is 25.2 Å². The van der Waals surface area contributed by atoms with Crippen LogP contribution < -0.4 is 10.9 Å². The number of carbonyl (C=O) groups is 1. The Kier molecular flexibility index (Phi) is 5.11. The Bertz CT molecular complexity index is 749. The van der Waals surface area contributed by atoms with Gasteiger partial charge >= 0.3 is 0 Å². The number of nitrogens with one attached hydrogen (secondary N) is 1. The van der Waals surface area contributed by atoms with Gasteiger partial charge in [0.25, 0.3) is 11.5 Å². The summed E-state index contributed by atoms with van der Waals surface area (Å²) < 4.78 is 1.45. The molecule has 0 aliphatic carbocycles. The first kappa shape index (κ1) is 16.5. The molecule has 3 rings (SSSR count). The fourth-order valence-corrected chi connectivity index (χ4v) is 3.07. The number of aromatic nitrogens is 1. The van der Waals surface area contributed by atoms with Crippen LogP contribution in [-0.4, -0.2) is 35.0 Å². The van der Waals surface area contributed by atoms with Crippen molar-refractivity contribution in [1.82, 2.24) is 14.8 Å². The molecular weight excluding hydrogens is 302 g/mol. The van der Waals surface area contributed by atoms with Gasteiger partial charge in [-0.3, -0.25) is 9.59 Å². The summed E-state index contributed by atoms with van der Waals surface area (Å²) in [6.07, 6.45) is 4.05. The van der Waals surface area contributed by atoms with Crippen molar-refractivity contribution in [3.63, 3.8) is 0 Å². The van der Waals surface area contributed by atoms with Gasteiger partial charge < -0.3 is 14.8 Å². The maximum Gasteiger partial charge on any atom is 0.252 e. The molecule has 1 fully saturated rings. The minimum absolute atomic E-state index is 0.0825. The van der Waals surface area contributed by atoms with Gasteiger partial charge in [-0.25, -0.2) is 0 Å². The highest BCUT2D eigenvalue weighted by Gasteiger charge is 2.21. The van der Waals surface area contributed by atoms with Crippen LogP contribution in [0.25, 0.3) is 0 Å². The van der Waals surface area contributed by atoms with Crippen LogP contribution >= 0.6 is 0 Å². The van der Waals surface area contributed by atoms with Crippen LogP contribution in [0.2, 0.25) is 0 Å². The first-order valence-electron chi connectivity index (χ1n) is 8.38. The molecular formula is C19H23N3O2. The molecule has 5 heteroatoms. The number of carbonyl (C=O) groups excluding carboxylic acids is 1. The molecule has 1 aromatic heterocycles. The second-order valence-electron chi connectivity index (χ2n) is 6.31. The van der Waals surface area contributed by atoms with Gasteiger partial charge in [0.15, 0.2) is 0 Å². The zero-order chi connectivity index (χ0) is 16.9. The van der Waals surface area contributed by atoms with Crippen molar-refractivity contribution < 1.29 is 4.79 Å². The maximum absolute atomic E-state index is 12.6. The average molecular weight is 325 g/mol. The molecule has 2 heterocycles. The van der Waals surface area contributed by atoms with Crippen LogP contribution in [0, 0.1) is 0 Å².